The van der Waals surface area contributed by atoms with Crippen molar-refractivity contribution in [2.24, 2.45) is 10.2 Å². The Bertz CT molecular complexity index is 1630. The number of nitrogens with one attached hydrogen (secondary N) is 2. The van der Waals surface area contributed by atoms with Crippen LogP contribution in [0.3, 0.4) is 0 Å². The van der Waals surface area contributed by atoms with Gasteiger partial charge in [-0.2, -0.15) is 5.21 Å². The second-order valence-electron chi connectivity index (χ2n) is 8.09. The van der Waals surface area contributed by atoms with Gasteiger partial charge in [0.2, 0.25) is 17.4 Å². The Hall–Kier alpha value is -5.06. The van der Waals surface area contributed by atoms with Crippen LogP contribution in [0.25, 0.3) is 28.2 Å². The number of phenolic OH excluding ortho intramolecular Hbond substituents is 1. The first-order valence-corrected chi connectivity index (χ1v) is 11.0. The van der Waals surface area contributed by atoms with Gasteiger partial charge in [-0.15, -0.1) is 20.4 Å². The highest BCUT2D eigenvalue weighted by molar-refractivity contribution is 5.78. The van der Waals surface area contributed by atoms with Gasteiger partial charge in [0, 0.05) is 11.1 Å². The summed E-state index contributed by atoms with van der Waals surface area (Å²) in [5.41, 5.74) is 4.55. The van der Waals surface area contributed by atoms with E-state index >= 15 is 0 Å². The van der Waals surface area contributed by atoms with Crippen molar-refractivity contribution >= 4 is 11.4 Å². The fraction of sp³-hybridized carbons (Fsp3) is 0.120. The lowest BCUT2D eigenvalue weighted by molar-refractivity contribution is 0.395. The zero-order valence-corrected chi connectivity index (χ0v) is 19.7. The summed E-state index contributed by atoms with van der Waals surface area (Å²) in [4.78, 5) is 13.1. The number of aromatic hydroxyl groups is 1. The molecule has 11 heteroatoms. The maximum absolute atomic E-state index is 13.1. The number of aromatic amines is 2. The van der Waals surface area contributed by atoms with Crippen LogP contribution in [0.2, 0.25) is 0 Å². The highest BCUT2D eigenvalue weighted by atomic mass is 16.5. The number of aryl methyl sites for hydroxylation is 2. The summed E-state index contributed by atoms with van der Waals surface area (Å²) in [6.45, 7) is 3.97. The number of phenols is 1. The van der Waals surface area contributed by atoms with Gasteiger partial charge in [0.15, 0.2) is 5.75 Å². The molecular formula is C25H22N8O3. The normalized spacial score (nSPS) is 11.3. The van der Waals surface area contributed by atoms with Gasteiger partial charge in [-0.05, 0) is 60.0 Å². The molecule has 0 atom stereocenters. The van der Waals surface area contributed by atoms with Gasteiger partial charge in [-0.3, -0.25) is 9.89 Å². The molecule has 5 aromatic rings. The molecule has 2 aromatic heterocycles. The van der Waals surface area contributed by atoms with E-state index in [1.165, 1.54) is 11.8 Å². The van der Waals surface area contributed by atoms with Gasteiger partial charge in [0.25, 0.3) is 0 Å². The smallest absolute Gasteiger partial charge is 0.303 e. The standard InChI is InChI=1S/C25H22N8O3/c1-14-10-11-18(12-15(14)2)33-25(35)21(24(30-33)36-3)27-26-20-9-5-8-19(22(20)34)16-6-4-7-17(13-16)23-28-31-32-29-23/h4-13,30,34H,1-3H3,(H,28,29,31,32). The first kappa shape index (κ1) is 22.7. The van der Waals surface area contributed by atoms with Crippen LogP contribution < -0.4 is 10.3 Å². The summed E-state index contributed by atoms with van der Waals surface area (Å²) in [6.07, 6.45) is 0. The second kappa shape index (κ2) is 9.29. The van der Waals surface area contributed by atoms with Crippen LogP contribution in [-0.2, 0) is 0 Å². The van der Waals surface area contributed by atoms with E-state index in [1.54, 1.807) is 18.2 Å². The summed E-state index contributed by atoms with van der Waals surface area (Å²) in [5.74, 6) is 0.507. The van der Waals surface area contributed by atoms with Crippen molar-refractivity contribution in [1.82, 2.24) is 30.4 Å². The molecule has 5 rings (SSSR count). The van der Waals surface area contributed by atoms with E-state index in [0.29, 0.717) is 17.1 Å². The number of rotatable bonds is 6. The van der Waals surface area contributed by atoms with Crippen LogP contribution in [0.4, 0.5) is 11.4 Å². The molecule has 11 nitrogen and oxygen atoms in total. The SMILES string of the molecule is COc1[nH]n(-c2ccc(C)c(C)c2)c(=O)c1N=Nc1cccc(-c2cccc(-c3nn[nH]n3)c2)c1O. The number of aromatic nitrogens is 6. The molecule has 0 aliphatic carbocycles. The Morgan fingerprint density at radius 2 is 1.78 bits per heavy atom. The van der Waals surface area contributed by atoms with Crippen molar-refractivity contribution in [3.05, 3.63) is 82.1 Å². The minimum Gasteiger partial charge on any atom is -0.505 e. The van der Waals surface area contributed by atoms with Crippen LogP contribution in [0.15, 0.2) is 75.7 Å². The molecular weight excluding hydrogens is 460 g/mol. The predicted octanol–water partition coefficient (Wildman–Crippen LogP) is 4.76. The highest BCUT2D eigenvalue weighted by Crippen LogP contribution is 2.39. The molecule has 0 fully saturated rings. The number of para-hydroxylation sites is 1. The molecule has 0 amide bonds. The first-order valence-electron chi connectivity index (χ1n) is 11.0. The van der Waals surface area contributed by atoms with Crippen LogP contribution in [0.1, 0.15) is 11.1 Å². The molecule has 3 N–H and O–H groups in total. The van der Waals surface area contributed by atoms with Crippen molar-refractivity contribution in [2.75, 3.05) is 7.11 Å². The molecule has 180 valence electrons. The van der Waals surface area contributed by atoms with Crippen LogP contribution in [0, 0.1) is 13.8 Å². The summed E-state index contributed by atoms with van der Waals surface area (Å²) < 4.78 is 6.68. The summed E-state index contributed by atoms with van der Waals surface area (Å²) in [7, 11) is 1.43. The fourth-order valence-corrected chi connectivity index (χ4v) is 3.74. The zero-order chi connectivity index (χ0) is 25.2. The van der Waals surface area contributed by atoms with Gasteiger partial charge < -0.3 is 9.84 Å². The number of nitrogens with zero attached hydrogens (tertiary/aromatic N) is 6. The lowest BCUT2D eigenvalue weighted by Crippen LogP contribution is -2.14. The fourth-order valence-electron chi connectivity index (χ4n) is 3.74. The van der Waals surface area contributed by atoms with E-state index in [9.17, 15) is 9.90 Å². The third kappa shape index (κ3) is 4.13. The lowest BCUT2D eigenvalue weighted by atomic mass is 10.0. The van der Waals surface area contributed by atoms with Crippen molar-refractivity contribution in [3.63, 3.8) is 0 Å². The number of methoxy groups -OCH3 is 1. The van der Waals surface area contributed by atoms with Crippen LogP contribution in [0.5, 0.6) is 11.6 Å². The van der Waals surface area contributed by atoms with Gasteiger partial charge >= 0.3 is 5.56 Å². The Balaban J connectivity index is 1.51. The van der Waals surface area contributed by atoms with Crippen LogP contribution in [-0.4, -0.2) is 42.6 Å². The summed E-state index contributed by atoms with van der Waals surface area (Å²) in [6, 6.07) is 18.1. The maximum atomic E-state index is 13.1. The molecule has 0 aliphatic rings. The average molecular weight is 483 g/mol. The number of tetrazole rings is 1. The Morgan fingerprint density at radius 3 is 2.53 bits per heavy atom. The number of benzene rings is 3. The van der Waals surface area contributed by atoms with Gasteiger partial charge in [0.05, 0.1) is 12.8 Å². The predicted molar refractivity (Wildman–Crippen MR) is 133 cm³/mol. The van der Waals surface area contributed by atoms with Gasteiger partial charge in [-0.25, -0.2) is 4.68 Å². The van der Waals surface area contributed by atoms with Crippen molar-refractivity contribution in [3.8, 4) is 39.8 Å². The Kier molecular flexibility index (Phi) is 5.87. The first-order chi connectivity index (χ1) is 17.5. The largest absolute Gasteiger partial charge is 0.505 e. The van der Waals surface area contributed by atoms with E-state index in [-0.39, 0.29) is 23.0 Å². The van der Waals surface area contributed by atoms with E-state index in [1.807, 2.05) is 56.3 Å². The van der Waals surface area contributed by atoms with Crippen molar-refractivity contribution in [2.45, 2.75) is 13.8 Å². The van der Waals surface area contributed by atoms with Gasteiger partial charge in [-0.1, -0.05) is 36.4 Å². The molecule has 0 bridgehead atoms. The number of ether oxygens (including phenoxy) is 1. The molecule has 36 heavy (non-hydrogen) atoms. The number of H-pyrrole nitrogens is 2. The highest BCUT2D eigenvalue weighted by Gasteiger charge is 2.17. The van der Waals surface area contributed by atoms with E-state index in [2.05, 4.69) is 36.0 Å². The third-order valence-electron chi connectivity index (χ3n) is 5.84. The monoisotopic (exact) mass is 482 g/mol. The van der Waals surface area contributed by atoms with E-state index < -0.39 is 5.56 Å². The molecule has 0 spiro atoms. The molecule has 0 unspecified atom stereocenters. The quantitative estimate of drug-likeness (QED) is 0.297. The lowest BCUT2D eigenvalue weighted by Gasteiger charge is -2.07. The second-order valence-corrected chi connectivity index (χ2v) is 8.09. The number of azo groups is 1. The van der Waals surface area contributed by atoms with E-state index in [0.717, 1.165) is 22.3 Å². The number of hydrogen-bond donors (Lipinski definition) is 3. The molecule has 3 aromatic carbocycles. The zero-order valence-electron chi connectivity index (χ0n) is 19.7. The summed E-state index contributed by atoms with van der Waals surface area (Å²) in [5, 5.41) is 36.2. The van der Waals surface area contributed by atoms with Crippen LogP contribution >= 0.6 is 0 Å². The molecule has 0 saturated carbocycles. The molecule has 0 aliphatic heterocycles. The minimum atomic E-state index is -0.428. The average Bonchev–Trinajstić information content (AvgIpc) is 3.54. The number of hydrogen-bond acceptors (Lipinski definition) is 8. The molecule has 2 heterocycles. The maximum Gasteiger partial charge on any atom is 0.303 e. The Labute approximate surface area is 205 Å². The Morgan fingerprint density at radius 1 is 0.972 bits per heavy atom. The summed E-state index contributed by atoms with van der Waals surface area (Å²) >= 11 is 0. The van der Waals surface area contributed by atoms with E-state index in [4.69, 9.17) is 4.74 Å². The van der Waals surface area contributed by atoms with Crippen molar-refractivity contribution < 1.29 is 9.84 Å². The van der Waals surface area contributed by atoms with Gasteiger partial charge in [0.1, 0.15) is 5.69 Å². The van der Waals surface area contributed by atoms with Crippen molar-refractivity contribution in [1.29, 1.82) is 0 Å². The third-order valence-corrected chi connectivity index (χ3v) is 5.84. The molecule has 0 saturated heterocycles. The topological polar surface area (TPSA) is 146 Å². The molecule has 0 radical (unpaired) electrons. The minimum absolute atomic E-state index is 0.0142.